The number of aryl methyl sites for hydroxylation is 2. The molecule has 4 rings (SSSR count). The summed E-state index contributed by atoms with van der Waals surface area (Å²) in [6.45, 7) is 5.50. The standard InChI is InChI=1S/C20H20N6O2/c1-12-8-7-11-26-17(12)23-16(15-9-5-4-6-10-15)18(26)24-20(27)21-13(2)19-22-14(3)25-28-19/h4-11,13H,1-3H3,(H2,21,24,27). The van der Waals surface area contributed by atoms with Gasteiger partial charge in [0.05, 0.1) is 0 Å². The van der Waals surface area contributed by atoms with Crippen LogP contribution < -0.4 is 10.6 Å². The van der Waals surface area contributed by atoms with Crippen LogP contribution in [0.3, 0.4) is 0 Å². The Morgan fingerprint density at radius 2 is 1.89 bits per heavy atom. The zero-order valence-corrected chi connectivity index (χ0v) is 15.8. The number of fused-ring (bicyclic) bond motifs is 1. The molecule has 0 aliphatic heterocycles. The van der Waals surface area contributed by atoms with E-state index in [1.165, 1.54) is 0 Å². The van der Waals surface area contributed by atoms with Crippen LogP contribution in [0.25, 0.3) is 16.9 Å². The molecule has 1 atom stereocenters. The van der Waals surface area contributed by atoms with Crippen molar-refractivity contribution in [1.29, 1.82) is 0 Å². The van der Waals surface area contributed by atoms with Crippen molar-refractivity contribution < 1.29 is 9.32 Å². The zero-order chi connectivity index (χ0) is 19.7. The van der Waals surface area contributed by atoms with E-state index in [1.54, 1.807) is 13.8 Å². The van der Waals surface area contributed by atoms with Gasteiger partial charge < -0.3 is 9.84 Å². The van der Waals surface area contributed by atoms with Gasteiger partial charge in [-0.05, 0) is 32.4 Å². The first-order chi connectivity index (χ1) is 13.5. The zero-order valence-electron chi connectivity index (χ0n) is 15.8. The van der Waals surface area contributed by atoms with Crippen LogP contribution in [0.1, 0.15) is 30.2 Å². The molecule has 0 saturated heterocycles. The van der Waals surface area contributed by atoms with E-state index in [4.69, 9.17) is 9.51 Å². The number of imidazole rings is 1. The number of nitrogens with one attached hydrogen (secondary N) is 2. The van der Waals surface area contributed by atoms with Crippen LogP contribution in [0.4, 0.5) is 10.6 Å². The summed E-state index contributed by atoms with van der Waals surface area (Å²) < 4.78 is 6.99. The van der Waals surface area contributed by atoms with Crippen molar-refractivity contribution in [2.75, 3.05) is 5.32 Å². The minimum absolute atomic E-state index is 0.352. The van der Waals surface area contributed by atoms with Crippen molar-refractivity contribution in [2.24, 2.45) is 0 Å². The Bertz CT molecular complexity index is 1130. The smallest absolute Gasteiger partial charge is 0.321 e. The summed E-state index contributed by atoms with van der Waals surface area (Å²) >= 11 is 0. The number of carbonyl (C=O) groups excluding carboxylic acids is 1. The van der Waals surface area contributed by atoms with Gasteiger partial charge in [-0.15, -0.1) is 0 Å². The molecule has 2 N–H and O–H groups in total. The van der Waals surface area contributed by atoms with Gasteiger partial charge in [-0.25, -0.2) is 9.78 Å². The van der Waals surface area contributed by atoms with Crippen LogP contribution in [0.2, 0.25) is 0 Å². The number of urea groups is 1. The number of benzene rings is 1. The summed E-state index contributed by atoms with van der Waals surface area (Å²) in [4.78, 5) is 21.6. The topological polar surface area (TPSA) is 97.3 Å². The van der Waals surface area contributed by atoms with E-state index in [9.17, 15) is 4.79 Å². The van der Waals surface area contributed by atoms with Gasteiger partial charge >= 0.3 is 6.03 Å². The van der Waals surface area contributed by atoms with Crippen LogP contribution in [0.15, 0.2) is 53.2 Å². The SMILES string of the molecule is Cc1noc(C(C)NC(=O)Nc2c(-c3ccccc3)nc3c(C)cccn23)n1. The monoisotopic (exact) mass is 376 g/mol. The highest BCUT2D eigenvalue weighted by molar-refractivity contribution is 5.93. The maximum atomic E-state index is 12.7. The van der Waals surface area contributed by atoms with Gasteiger partial charge in [-0.2, -0.15) is 4.98 Å². The second kappa shape index (κ2) is 7.15. The largest absolute Gasteiger partial charge is 0.337 e. The average molecular weight is 376 g/mol. The van der Waals surface area contributed by atoms with E-state index in [0.29, 0.717) is 23.2 Å². The first kappa shape index (κ1) is 17.7. The lowest BCUT2D eigenvalue weighted by atomic mass is 10.1. The van der Waals surface area contributed by atoms with Crippen LogP contribution in [-0.2, 0) is 0 Å². The van der Waals surface area contributed by atoms with E-state index in [-0.39, 0.29) is 6.03 Å². The van der Waals surface area contributed by atoms with Crippen LogP contribution >= 0.6 is 0 Å². The normalized spacial score (nSPS) is 12.1. The second-order valence-corrected chi connectivity index (χ2v) is 6.56. The Morgan fingerprint density at radius 1 is 1.11 bits per heavy atom. The lowest BCUT2D eigenvalue weighted by molar-refractivity contribution is 0.245. The summed E-state index contributed by atoms with van der Waals surface area (Å²) in [5.74, 6) is 1.47. The predicted molar refractivity (Wildman–Crippen MR) is 105 cm³/mol. The first-order valence-corrected chi connectivity index (χ1v) is 8.93. The summed E-state index contributed by atoms with van der Waals surface area (Å²) in [5, 5.41) is 9.50. The Kier molecular flexibility index (Phi) is 4.52. The maximum absolute atomic E-state index is 12.7. The van der Waals surface area contributed by atoms with Gasteiger partial charge in [0.25, 0.3) is 0 Å². The van der Waals surface area contributed by atoms with Crippen LogP contribution in [0, 0.1) is 13.8 Å². The van der Waals surface area contributed by atoms with Gasteiger partial charge in [0.2, 0.25) is 5.89 Å². The fraction of sp³-hybridized carbons (Fsp3) is 0.200. The summed E-state index contributed by atoms with van der Waals surface area (Å²) in [5.41, 5.74) is 3.42. The fourth-order valence-corrected chi connectivity index (χ4v) is 3.01. The lowest BCUT2D eigenvalue weighted by Gasteiger charge is -2.12. The molecule has 1 aromatic carbocycles. The molecule has 0 saturated carbocycles. The van der Waals surface area contributed by atoms with Crippen molar-refractivity contribution in [3.63, 3.8) is 0 Å². The summed E-state index contributed by atoms with van der Waals surface area (Å²) in [7, 11) is 0. The summed E-state index contributed by atoms with van der Waals surface area (Å²) in [6.07, 6.45) is 1.88. The fourth-order valence-electron chi connectivity index (χ4n) is 3.01. The highest BCUT2D eigenvalue weighted by atomic mass is 16.5. The second-order valence-electron chi connectivity index (χ2n) is 6.56. The molecule has 8 heteroatoms. The van der Waals surface area contributed by atoms with E-state index in [0.717, 1.165) is 16.8 Å². The number of anilines is 1. The number of aromatic nitrogens is 4. The maximum Gasteiger partial charge on any atom is 0.321 e. The Morgan fingerprint density at radius 3 is 2.61 bits per heavy atom. The average Bonchev–Trinajstić information content (AvgIpc) is 3.28. The number of carbonyl (C=O) groups is 1. The van der Waals surface area contributed by atoms with Gasteiger partial charge in [0.15, 0.2) is 5.82 Å². The minimum Gasteiger partial charge on any atom is -0.337 e. The highest BCUT2D eigenvalue weighted by Crippen LogP contribution is 2.29. The number of hydrogen-bond acceptors (Lipinski definition) is 5. The van der Waals surface area contributed by atoms with Gasteiger partial charge in [-0.1, -0.05) is 41.6 Å². The van der Waals surface area contributed by atoms with Gasteiger partial charge in [0, 0.05) is 11.8 Å². The highest BCUT2D eigenvalue weighted by Gasteiger charge is 2.20. The molecule has 0 spiro atoms. The molecule has 1 unspecified atom stereocenters. The molecule has 142 valence electrons. The number of nitrogens with zero attached hydrogens (tertiary/aromatic N) is 4. The first-order valence-electron chi connectivity index (χ1n) is 8.93. The Labute approximate surface area is 161 Å². The van der Waals surface area contributed by atoms with Crippen molar-refractivity contribution in [2.45, 2.75) is 26.8 Å². The molecule has 3 heterocycles. The molecule has 0 radical (unpaired) electrons. The molecular weight excluding hydrogens is 356 g/mol. The molecule has 0 bridgehead atoms. The Balaban J connectivity index is 1.67. The molecular formula is C20H20N6O2. The summed E-state index contributed by atoms with van der Waals surface area (Å²) in [6, 6.07) is 12.8. The van der Waals surface area contributed by atoms with Gasteiger partial charge in [-0.3, -0.25) is 9.72 Å². The van der Waals surface area contributed by atoms with Crippen molar-refractivity contribution in [3.8, 4) is 11.3 Å². The van der Waals surface area contributed by atoms with E-state index >= 15 is 0 Å². The van der Waals surface area contributed by atoms with E-state index in [1.807, 2.05) is 60.0 Å². The predicted octanol–water partition coefficient (Wildman–Crippen LogP) is 3.88. The number of pyridine rings is 1. The van der Waals surface area contributed by atoms with Crippen LogP contribution in [-0.4, -0.2) is 25.6 Å². The molecule has 0 aliphatic rings. The quantitative estimate of drug-likeness (QED) is 0.563. The molecule has 0 fully saturated rings. The third-order valence-electron chi connectivity index (χ3n) is 4.39. The van der Waals surface area contributed by atoms with E-state index < -0.39 is 6.04 Å². The van der Waals surface area contributed by atoms with Crippen LogP contribution in [0.5, 0.6) is 0 Å². The molecule has 8 nitrogen and oxygen atoms in total. The minimum atomic E-state index is -0.428. The van der Waals surface area contributed by atoms with Crippen molar-refractivity contribution in [3.05, 3.63) is 65.9 Å². The number of hydrogen-bond donors (Lipinski definition) is 2. The van der Waals surface area contributed by atoms with Gasteiger partial charge in [0.1, 0.15) is 23.2 Å². The third kappa shape index (κ3) is 3.32. The van der Waals surface area contributed by atoms with Crippen molar-refractivity contribution >= 4 is 17.5 Å². The Hall–Kier alpha value is -3.68. The molecule has 3 aromatic heterocycles. The van der Waals surface area contributed by atoms with Crippen molar-refractivity contribution in [1.82, 2.24) is 24.8 Å². The molecule has 28 heavy (non-hydrogen) atoms. The molecule has 2 amide bonds. The number of amides is 2. The molecule has 4 aromatic rings. The third-order valence-corrected chi connectivity index (χ3v) is 4.39. The lowest BCUT2D eigenvalue weighted by Crippen LogP contribution is -2.32. The number of rotatable bonds is 4. The molecule has 0 aliphatic carbocycles. The van der Waals surface area contributed by atoms with E-state index in [2.05, 4.69) is 20.8 Å².